The summed E-state index contributed by atoms with van der Waals surface area (Å²) in [5.41, 5.74) is 8.80. The molecule has 2 atom stereocenters. The van der Waals surface area contributed by atoms with E-state index in [0.717, 1.165) is 71.4 Å². The van der Waals surface area contributed by atoms with Crippen LogP contribution in [0.4, 0.5) is 28.4 Å². The minimum atomic E-state index is -0.198. The zero-order valence-corrected chi connectivity index (χ0v) is 42.6. The summed E-state index contributed by atoms with van der Waals surface area (Å²) in [4.78, 5) is 52.3. The van der Waals surface area contributed by atoms with Crippen molar-refractivity contribution in [3.63, 3.8) is 0 Å². The number of benzene rings is 5. The lowest BCUT2D eigenvalue weighted by atomic mass is 10.1. The van der Waals surface area contributed by atoms with Crippen LogP contribution in [-0.4, -0.2) is 116 Å². The zero-order chi connectivity index (χ0) is 51.0. The highest BCUT2D eigenvalue weighted by atomic mass is 16.5. The van der Waals surface area contributed by atoms with Gasteiger partial charge in [-0.1, -0.05) is 49.2 Å². The highest BCUT2D eigenvalue weighted by Gasteiger charge is 2.39. The first-order valence-corrected chi connectivity index (χ1v) is 25.9. The van der Waals surface area contributed by atoms with Crippen LogP contribution in [0.1, 0.15) is 81.5 Å². The third-order valence-corrected chi connectivity index (χ3v) is 14.5. The molecule has 0 aromatic heterocycles. The molecule has 2 N–H and O–H groups in total. The number of carbonyl (C=O) groups excluding carboxylic acids is 3. The van der Waals surface area contributed by atoms with Crippen LogP contribution in [0, 0.1) is 0 Å². The Balaban J connectivity index is 0.920. The predicted octanol–water partition coefficient (Wildman–Crippen LogP) is 8.47. The number of para-hydroxylation sites is 2. The Labute approximate surface area is 432 Å². The van der Waals surface area contributed by atoms with Crippen molar-refractivity contribution in [1.29, 1.82) is 0 Å². The average molecular weight is 1010 g/mol. The molecule has 5 aromatic rings. The number of hydrogen-bond donors (Lipinski definition) is 2. The molecule has 2 unspecified atom stereocenters. The fourth-order valence-electron chi connectivity index (χ4n) is 10.8. The normalized spacial score (nSPS) is 17.3. The molecule has 1 aliphatic carbocycles. The second kappa shape index (κ2) is 23.4. The van der Waals surface area contributed by atoms with E-state index in [1.165, 1.54) is 0 Å². The van der Waals surface area contributed by atoms with E-state index >= 15 is 0 Å². The van der Waals surface area contributed by atoms with Crippen molar-refractivity contribution in [2.45, 2.75) is 82.7 Å². The molecule has 1 fully saturated rings. The third kappa shape index (κ3) is 11.2. The van der Waals surface area contributed by atoms with Gasteiger partial charge in [0.15, 0.2) is 23.0 Å². The molecule has 74 heavy (non-hydrogen) atoms. The van der Waals surface area contributed by atoms with Gasteiger partial charge in [-0.25, -0.2) is 0 Å². The Morgan fingerprint density at radius 1 is 0.703 bits per heavy atom. The second-order valence-electron chi connectivity index (χ2n) is 19.4. The van der Waals surface area contributed by atoms with E-state index in [1.54, 1.807) is 39.5 Å². The summed E-state index contributed by atoms with van der Waals surface area (Å²) in [7, 11) is 4.78. The first kappa shape index (κ1) is 50.4. The monoisotopic (exact) mass is 1010 g/mol. The number of rotatable bonds is 23. The Bertz CT molecular complexity index is 2870. The Hall–Kier alpha value is -7.14. The van der Waals surface area contributed by atoms with E-state index in [1.807, 2.05) is 64.5 Å². The molecular weight excluding hydrogens is 941 g/mol. The molecule has 10 rings (SSSR count). The van der Waals surface area contributed by atoms with Gasteiger partial charge in [-0.2, -0.15) is 0 Å². The molecule has 0 bridgehead atoms. The number of methoxy groups -OCH3 is 3. The second-order valence-corrected chi connectivity index (χ2v) is 19.4. The van der Waals surface area contributed by atoms with Crippen LogP contribution in [0.25, 0.3) is 0 Å². The SMILES string of the molecule is COCCOCCOCCN(CCCC(=O)NC1CCCC1)c1cc(COc2cc3c(cc2OC)C(=O)N2c4ccccc4CC2C=N3)cc(COc2cc3c(cc2OC)C(=O)N2c4ccccc4CC2CN3)c1. The molecule has 4 aliphatic heterocycles. The van der Waals surface area contributed by atoms with Crippen molar-refractivity contribution in [2.75, 3.05) is 94.0 Å². The highest BCUT2D eigenvalue weighted by Crippen LogP contribution is 2.43. The van der Waals surface area contributed by atoms with Crippen LogP contribution in [0.15, 0.2) is 96.0 Å². The van der Waals surface area contributed by atoms with Crippen LogP contribution in [0.5, 0.6) is 23.0 Å². The van der Waals surface area contributed by atoms with Gasteiger partial charge in [0.05, 0.1) is 81.8 Å². The number of fused-ring (bicyclic) bond motifs is 8. The number of carbonyl (C=O) groups is 3. The number of anilines is 4. The van der Waals surface area contributed by atoms with Gasteiger partial charge < -0.3 is 53.6 Å². The third-order valence-electron chi connectivity index (χ3n) is 14.5. The standard InChI is InChI=1S/C58H66N6O10/c1-68-21-22-72-24-23-71-20-19-62(18-10-17-56(65)61-42-13-6-7-14-42)43-26-38(36-73-54-32-48-46(30-52(54)69-2)57(66)63-44(34-59-48)28-40-11-4-8-15-50(40)63)25-39(27-43)37-74-55-33-49-47(31-53(55)70-3)58(67)64-45(35-60-49)29-41-12-5-9-16-51(41)64/h4-5,8-9,11-12,15-16,25-27,30-34,42,44-45,60H,6-7,10,13-14,17-24,28-29,35-37H2,1-3H3,(H,61,65). The predicted molar refractivity (Wildman–Crippen MR) is 285 cm³/mol. The maximum atomic E-state index is 14.2. The molecule has 16 nitrogen and oxygen atoms in total. The average Bonchev–Trinajstić information content (AvgIpc) is 4.14. The Morgan fingerprint density at radius 3 is 2.05 bits per heavy atom. The van der Waals surface area contributed by atoms with Crippen molar-refractivity contribution >= 4 is 52.4 Å². The lowest BCUT2D eigenvalue weighted by molar-refractivity contribution is -0.121. The number of amides is 3. The number of nitrogens with zero attached hydrogens (tertiary/aromatic N) is 4. The van der Waals surface area contributed by atoms with Gasteiger partial charge in [-0.3, -0.25) is 24.3 Å². The quantitative estimate of drug-likeness (QED) is 0.0602. The van der Waals surface area contributed by atoms with Crippen molar-refractivity contribution in [3.05, 3.63) is 124 Å². The van der Waals surface area contributed by atoms with E-state index in [2.05, 4.69) is 39.8 Å². The van der Waals surface area contributed by atoms with Gasteiger partial charge in [-0.15, -0.1) is 0 Å². The van der Waals surface area contributed by atoms with Crippen LogP contribution in [0.3, 0.4) is 0 Å². The number of hydrogen-bond acceptors (Lipinski definition) is 13. The summed E-state index contributed by atoms with van der Waals surface area (Å²) in [6, 6.07) is 29.4. The van der Waals surface area contributed by atoms with Crippen molar-refractivity contribution in [1.82, 2.24) is 5.32 Å². The molecule has 0 saturated heterocycles. The van der Waals surface area contributed by atoms with E-state index in [9.17, 15) is 14.4 Å². The van der Waals surface area contributed by atoms with Crippen molar-refractivity contribution in [3.8, 4) is 23.0 Å². The molecule has 0 radical (unpaired) electrons. The van der Waals surface area contributed by atoms with E-state index in [0.29, 0.717) is 117 Å². The van der Waals surface area contributed by atoms with Crippen molar-refractivity contribution < 1.29 is 47.5 Å². The van der Waals surface area contributed by atoms with Crippen LogP contribution < -0.4 is 44.3 Å². The van der Waals surface area contributed by atoms with Crippen LogP contribution in [-0.2, 0) is 45.1 Å². The van der Waals surface area contributed by atoms with Gasteiger partial charge in [0.1, 0.15) is 13.2 Å². The summed E-state index contributed by atoms with van der Waals surface area (Å²) in [6.45, 7) is 4.30. The van der Waals surface area contributed by atoms with Gasteiger partial charge in [0, 0.05) is 81.0 Å². The number of ether oxygens (including phenoxy) is 7. The molecule has 0 spiro atoms. The topological polar surface area (TPSA) is 162 Å². The summed E-state index contributed by atoms with van der Waals surface area (Å²) in [5, 5.41) is 6.78. The summed E-state index contributed by atoms with van der Waals surface area (Å²) in [5.74, 6) is 1.60. The summed E-state index contributed by atoms with van der Waals surface area (Å²) < 4.78 is 41.9. The number of aliphatic imine (C=N–C) groups is 1. The minimum absolute atomic E-state index is 0.0211. The van der Waals surface area contributed by atoms with Gasteiger partial charge in [-0.05, 0) is 90.4 Å². The van der Waals surface area contributed by atoms with Gasteiger partial charge >= 0.3 is 0 Å². The highest BCUT2D eigenvalue weighted by molar-refractivity contribution is 6.15. The Kier molecular flexibility index (Phi) is 15.9. The smallest absolute Gasteiger partial charge is 0.261 e. The lowest BCUT2D eigenvalue weighted by Gasteiger charge is -2.26. The molecule has 5 aromatic carbocycles. The molecule has 388 valence electrons. The molecule has 5 aliphatic rings. The fourth-order valence-corrected chi connectivity index (χ4v) is 10.8. The van der Waals surface area contributed by atoms with Crippen LogP contribution >= 0.6 is 0 Å². The van der Waals surface area contributed by atoms with Gasteiger partial charge in [0.2, 0.25) is 5.91 Å². The molecule has 1 saturated carbocycles. The molecular formula is C58H66N6O10. The fraction of sp³-hybridized carbons (Fsp3) is 0.414. The van der Waals surface area contributed by atoms with Crippen LogP contribution in [0.2, 0.25) is 0 Å². The summed E-state index contributed by atoms with van der Waals surface area (Å²) >= 11 is 0. The maximum Gasteiger partial charge on any atom is 0.261 e. The molecule has 3 amide bonds. The summed E-state index contributed by atoms with van der Waals surface area (Å²) in [6.07, 6.45) is 8.68. The molecule has 16 heteroatoms. The largest absolute Gasteiger partial charge is 0.493 e. The van der Waals surface area contributed by atoms with E-state index in [4.69, 9.17) is 38.2 Å². The van der Waals surface area contributed by atoms with E-state index in [-0.39, 0.29) is 49.1 Å². The molecule has 4 heterocycles. The Morgan fingerprint density at radius 2 is 1.34 bits per heavy atom. The minimum Gasteiger partial charge on any atom is -0.493 e. The number of nitrogens with one attached hydrogen (secondary N) is 2. The first-order valence-electron chi connectivity index (χ1n) is 25.9. The first-order chi connectivity index (χ1) is 36.3. The van der Waals surface area contributed by atoms with Gasteiger partial charge in [0.25, 0.3) is 11.8 Å². The van der Waals surface area contributed by atoms with E-state index < -0.39 is 0 Å². The van der Waals surface area contributed by atoms with Crippen molar-refractivity contribution in [2.24, 2.45) is 4.99 Å². The lowest BCUT2D eigenvalue weighted by Crippen LogP contribution is -2.39. The zero-order valence-electron chi connectivity index (χ0n) is 42.6. The maximum absolute atomic E-state index is 14.2.